The average molecular weight is 373 g/mol. The minimum absolute atomic E-state index is 0.549. The van der Waals surface area contributed by atoms with Crippen LogP contribution in [0, 0.1) is 0 Å². The van der Waals surface area contributed by atoms with Crippen LogP contribution in [0.2, 0.25) is 0 Å². The van der Waals surface area contributed by atoms with E-state index in [9.17, 15) is 39.5 Å². The van der Waals surface area contributed by atoms with Crippen LogP contribution in [-0.2, 0) is 4.74 Å². The average Bonchev–Trinajstić information content (AvgIpc) is 2.92. The maximum Gasteiger partial charge on any atom is 0.428 e. The van der Waals surface area contributed by atoms with Crippen molar-refractivity contribution in [2.45, 2.75) is 29.7 Å². The summed E-state index contributed by atoms with van der Waals surface area (Å²) in [7, 11) is 0. The number of aliphatic imine (C=N–C) groups is 1. The molecule has 0 aliphatic carbocycles. The number of halogens is 9. The van der Waals surface area contributed by atoms with Gasteiger partial charge in [-0.25, -0.2) is 4.98 Å². The number of hydrogen-bond donors (Lipinski definition) is 1. The molecule has 1 atom stereocenters. The summed E-state index contributed by atoms with van der Waals surface area (Å²) in [5.41, 5.74) is 4.63. The number of ether oxygens (including phenoxy) is 1. The molecule has 0 unspecified atom stereocenters. The molecular weight excluding hydrogens is 369 g/mol. The van der Waals surface area contributed by atoms with Gasteiger partial charge in [-0.1, -0.05) is 0 Å². The number of nitrogens with zero attached hydrogens (tertiary/aromatic N) is 2. The van der Waals surface area contributed by atoms with Crippen molar-refractivity contribution >= 4 is 22.3 Å². The molecular formula is C9H4F9N3OS. The first kappa shape index (κ1) is 17.8. The van der Waals surface area contributed by atoms with E-state index in [-0.39, 0.29) is 0 Å². The molecule has 1 aliphatic rings. The Bertz CT molecular complexity index is 632. The largest absolute Gasteiger partial charge is 0.428 e. The highest BCUT2D eigenvalue weighted by Gasteiger charge is 2.95. The molecule has 4 nitrogen and oxygen atoms in total. The third-order valence-corrected chi connectivity index (χ3v) is 3.46. The maximum absolute atomic E-state index is 13.9. The van der Waals surface area contributed by atoms with E-state index in [0.29, 0.717) is 11.3 Å². The molecule has 0 aromatic carbocycles. The predicted molar refractivity (Wildman–Crippen MR) is 58.1 cm³/mol. The van der Waals surface area contributed by atoms with E-state index >= 15 is 0 Å². The van der Waals surface area contributed by atoms with Crippen LogP contribution in [0.15, 0.2) is 16.6 Å². The highest BCUT2D eigenvalue weighted by Crippen LogP contribution is 2.64. The van der Waals surface area contributed by atoms with Gasteiger partial charge < -0.3 is 5.73 Å². The Hall–Kier alpha value is -1.57. The number of rotatable bonds is 3. The van der Waals surface area contributed by atoms with Gasteiger partial charge in [0.15, 0.2) is 5.84 Å². The summed E-state index contributed by atoms with van der Waals surface area (Å²) in [5.74, 6) is -27.4. The summed E-state index contributed by atoms with van der Waals surface area (Å²) in [6, 6.07) is 0. The summed E-state index contributed by atoms with van der Waals surface area (Å²) < 4.78 is 122. The number of nitrogens with two attached hydrogens (primary N) is 1. The van der Waals surface area contributed by atoms with E-state index in [1.165, 1.54) is 5.38 Å². The topological polar surface area (TPSA) is 60.5 Å². The third kappa shape index (κ3) is 2.10. The molecule has 0 radical (unpaired) electrons. The van der Waals surface area contributed by atoms with E-state index in [1.807, 2.05) is 0 Å². The zero-order valence-electron chi connectivity index (χ0n) is 10.3. The number of alkyl halides is 9. The summed E-state index contributed by atoms with van der Waals surface area (Å²) in [4.78, 5) is 6.03. The maximum atomic E-state index is 13.9. The normalized spacial score (nSPS) is 29.7. The lowest BCUT2D eigenvalue weighted by Gasteiger charge is -2.32. The zero-order chi connectivity index (χ0) is 17.9. The molecule has 2 N–H and O–H groups in total. The quantitative estimate of drug-likeness (QED) is 0.502. The summed E-state index contributed by atoms with van der Waals surface area (Å²) in [5, 5.41) is 0.601. The molecule has 2 heterocycles. The van der Waals surface area contributed by atoms with Gasteiger partial charge in [-0.2, -0.15) is 44.5 Å². The Labute approximate surface area is 124 Å². The van der Waals surface area contributed by atoms with Crippen molar-refractivity contribution in [2.24, 2.45) is 10.7 Å². The molecule has 0 amide bonds. The molecule has 1 aromatic rings. The molecule has 1 aromatic heterocycles. The minimum Gasteiger partial charge on any atom is -0.382 e. The van der Waals surface area contributed by atoms with Gasteiger partial charge in [-0.05, 0) is 0 Å². The lowest BCUT2D eigenvalue weighted by atomic mass is 9.99. The van der Waals surface area contributed by atoms with Crippen molar-refractivity contribution in [3.63, 3.8) is 0 Å². The Morgan fingerprint density at radius 3 is 2.09 bits per heavy atom. The fourth-order valence-corrected chi connectivity index (χ4v) is 2.08. The van der Waals surface area contributed by atoms with Gasteiger partial charge >= 0.3 is 29.7 Å². The van der Waals surface area contributed by atoms with Gasteiger partial charge in [0, 0.05) is 11.6 Å². The van der Waals surface area contributed by atoms with Crippen molar-refractivity contribution in [3.8, 4) is 0 Å². The van der Waals surface area contributed by atoms with Gasteiger partial charge in [-0.15, -0.1) is 11.3 Å². The van der Waals surface area contributed by atoms with Gasteiger partial charge in [-0.3, -0.25) is 4.74 Å². The number of amidine groups is 1. The summed E-state index contributed by atoms with van der Waals surface area (Å²) in [6.45, 7) is 0. The lowest BCUT2D eigenvalue weighted by Crippen LogP contribution is -2.64. The van der Waals surface area contributed by atoms with Crippen molar-refractivity contribution in [3.05, 3.63) is 11.6 Å². The third-order valence-electron chi connectivity index (χ3n) is 2.79. The van der Waals surface area contributed by atoms with Crippen molar-refractivity contribution < 1.29 is 44.3 Å². The fraction of sp³-hybridized carbons (Fsp3) is 0.556. The summed E-state index contributed by atoms with van der Waals surface area (Å²) >= 11 is 0.549. The second-order valence-electron chi connectivity index (χ2n) is 4.25. The second-order valence-corrected chi connectivity index (χ2v) is 5.12. The first-order valence-corrected chi connectivity index (χ1v) is 6.23. The molecule has 23 heavy (non-hydrogen) atoms. The van der Waals surface area contributed by atoms with E-state index in [4.69, 9.17) is 0 Å². The highest BCUT2D eigenvalue weighted by atomic mass is 32.1. The smallest absolute Gasteiger partial charge is 0.382 e. The van der Waals surface area contributed by atoms with Crippen LogP contribution in [0.1, 0.15) is 0 Å². The van der Waals surface area contributed by atoms with Gasteiger partial charge in [0.2, 0.25) is 5.13 Å². The van der Waals surface area contributed by atoms with Crippen molar-refractivity contribution in [1.29, 1.82) is 0 Å². The van der Waals surface area contributed by atoms with Crippen LogP contribution < -0.4 is 5.73 Å². The lowest BCUT2D eigenvalue weighted by molar-refractivity contribution is -0.362. The van der Waals surface area contributed by atoms with E-state index in [2.05, 4.69) is 20.4 Å². The molecule has 14 heteroatoms. The van der Waals surface area contributed by atoms with Gasteiger partial charge in [0.25, 0.3) is 0 Å². The van der Waals surface area contributed by atoms with Crippen LogP contribution in [0.25, 0.3) is 0 Å². The number of thiazole rings is 1. The predicted octanol–water partition coefficient (Wildman–Crippen LogP) is 3.33. The molecule has 0 bridgehead atoms. The van der Waals surface area contributed by atoms with Crippen LogP contribution in [-0.4, -0.2) is 40.6 Å². The highest BCUT2D eigenvalue weighted by molar-refractivity contribution is 7.13. The Morgan fingerprint density at radius 1 is 1.13 bits per heavy atom. The van der Waals surface area contributed by atoms with E-state index in [0.717, 1.165) is 6.20 Å². The first-order valence-electron chi connectivity index (χ1n) is 5.35. The molecule has 1 saturated heterocycles. The Kier molecular flexibility index (Phi) is 3.65. The van der Waals surface area contributed by atoms with Crippen molar-refractivity contribution in [2.75, 3.05) is 0 Å². The van der Waals surface area contributed by atoms with Crippen LogP contribution in [0.3, 0.4) is 0 Å². The van der Waals surface area contributed by atoms with E-state index < -0.39 is 40.7 Å². The number of aromatic nitrogens is 1. The minimum atomic E-state index is -6.60. The van der Waals surface area contributed by atoms with Gasteiger partial charge in [0.1, 0.15) is 0 Å². The number of hydrogen-bond acceptors (Lipinski definition) is 4. The molecule has 130 valence electrons. The SMILES string of the molecule is NC(=Nc1nccs1)C(F)(F)[C@]1(F)OC(F)(F)C(F)(F)C1(F)F. The molecule has 2 rings (SSSR count). The Morgan fingerprint density at radius 2 is 1.70 bits per heavy atom. The molecule has 0 spiro atoms. The molecule has 0 saturated carbocycles. The summed E-state index contributed by atoms with van der Waals surface area (Å²) in [6.07, 6.45) is -5.18. The van der Waals surface area contributed by atoms with Crippen LogP contribution in [0.5, 0.6) is 0 Å². The van der Waals surface area contributed by atoms with Crippen LogP contribution in [0.4, 0.5) is 44.6 Å². The monoisotopic (exact) mass is 373 g/mol. The van der Waals surface area contributed by atoms with E-state index in [1.54, 1.807) is 0 Å². The first-order chi connectivity index (χ1) is 10.2. The van der Waals surface area contributed by atoms with Crippen molar-refractivity contribution in [1.82, 2.24) is 4.98 Å². The second kappa shape index (κ2) is 4.72. The standard InChI is InChI=1S/C9H4F9N3OS/c10-5(11,3(19)21-4-20-1-2-23-4)8(16)6(12,13)7(14,15)9(17,18)22-8/h1-2H,(H2,19,20,21)/t8-/m0/s1. The fourth-order valence-electron chi connectivity index (χ4n) is 1.56. The Balaban J connectivity index is 2.54. The zero-order valence-corrected chi connectivity index (χ0v) is 11.2. The van der Waals surface area contributed by atoms with Crippen LogP contribution >= 0.6 is 11.3 Å². The molecule has 1 fully saturated rings. The van der Waals surface area contributed by atoms with Gasteiger partial charge in [0.05, 0.1) is 0 Å². The molecule has 1 aliphatic heterocycles.